The minimum Gasteiger partial charge on any atom is -0.493 e. The van der Waals surface area contributed by atoms with Crippen LogP contribution < -0.4 is 14.2 Å². The number of thiophene rings is 1. The predicted octanol–water partition coefficient (Wildman–Crippen LogP) is 4.77. The van der Waals surface area contributed by atoms with Crippen LogP contribution in [-0.2, 0) is 0 Å². The highest BCUT2D eigenvalue weighted by atomic mass is 32.1. The van der Waals surface area contributed by atoms with E-state index >= 15 is 0 Å². The van der Waals surface area contributed by atoms with E-state index in [4.69, 9.17) is 19.3 Å². The molecule has 30 heavy (non-hydrogen) atoms. The van der Waals surface area contributed by atoms with Crippen LogP contribution in [0.2, 0.25) is 0 Å². The fourth-order valence-corrected chi connectivity index (χ4v) is 4.34. The van der Waals surface area contributed by atoms with Gasteiger partial charge in [-0.2, -0.15) is 5.10 Å². The molecule has 1 amide bonds. The third kappa shape index (κ3) is 3.52. The number of ether oxygens (including phenoxy) is 3. The minimum atomic E-state index is -0.256. The standard InChI is InChI=1S/C23H22N2O4S/c1-27-19-12-11-16(21(28-2)22(19)29-3)23(26)25-18(15-8-5-4-6-9-15)14-17(24-25)20-10-7-13-30-20/h4-13,18H,14H2,1-3H3/t18-/m0/s1. The molecule has 1 aromatic heterocycles. The van der Waals surface area contributed by atoms with Crippen LogP contribution in [0.3, 0.4) is 0 Å². The number of methoxy groups -OCH3 is 3. The number of carbonyl (C=O) groups excluding carboxylic acids is 1. The van der Waals surface area contributed by atoms with Crippen molar-refractivity contribution in [2.75, 3.05) is 21.3 Å². The Morgan fingerprint density at radius 1 is 0.967 bits per heavy atom. The first-order valence-electron chi connectivity index (χ1n) is 9.46. The first-order valence-corrected chi connectivity index (χ1v) is 10.3. The Labute approximate surface area is 179 Å². The Morgan fingerprint density at radius 2 is 1.73 bits per heavy atom. The number of hydrazone groups is 1. The van der Waals surface area contributed by atoms with Crippen LogP contribution in [-0.4, -0.2) is 38.0 Å². The van der Waals surface area contributed by atoms with Crippen LogP contribution in [0.1, 0.15) is 33.3 Å². The van der Waals surface area contributed by atoms with Crippen LogP contribution in [0.4, 0.5) is 0 Å². The molecule has 1 aliphatic heterocycles. The fraction of sp³-hybridized carbons (Fsp3) is 0.217. The molecule has 3 aromatic rings. The number of carbonyl (C=O) groups is 1. The van der Waals surface area contributed by atoms with Gasteiger partial charge in [-0.05, 0) is 29.1 Å². The van der Waals surface area contributed by atoms with Crippen molar-refractivity contribution in [1.29, 1.82) is 0 Å². The van der Waals surface area contributed by atoms with Gasteiger partial charge < -0.3 is 14.2 Å². The van der Waals surface area contributed by atoms with Crippen molar-refractivity contribution in [3.8, 4) is 17.2 Å². The zero-order chi connectivity index (χ0) is 21.1. The molecule has 4 rings (SSSR count). The zero-order valence-corrected chi connectivity index (χ0v) is 17.8. The fourth-order valence-electron chi connectivity index (χ4n) is 3.62. The molecule has 0 unspecified atom stereocenters. The van der Waals surface area contributed by atoms with Gasteiger partial charge in [-0.3, -0.25) is 4.79 Å². The summed E-state index contributed by atoms with van der Waals surface area (Å²) in [5, 5.41) is 8.28. The lowest BCUT2D eigenvalue weighted by molar-refractivity contribution is 0.0707. The van der Waals surface area contributed by atoms with Crippen molar-refractivity contribution in [3.63, 3.8) is 0 Å². The lowest BCUT2D eigenvalue weighted by Gasteiger charge is -2.23. The lowest BCUT2D eigenvalue weighted by Crippen LogP contribution is -2.27. The first-order chi connectivity index (χ1) is 14.7. The van der Waals surface area contributed by atoms with Crippen molar-refractivity contribution < 1.29 is 19.0 Å². The van der Waals surface area contributed by atoms with Gasteiger partial charge in [-0.1, -0.05) is 36.4 Å². The highest BCUT2D eigenvalue weighted by Crippen LogP contribution is 2.42. The molecule has 0 radical (unpaired) electrons. The van der Waals surface area contributed by atoms with E-state index in [0.29, 0.717) is 29.2 Å². The normalized spacial score (nSPS) is 15.6. The Hall–Kier alpha value is -3.32. The SMILES string of the molecule is COc1ccc(C(=O)N2N=C(c3cccs3)C[C@H]2c2ccccc2)c(OC)c1OC. The third-order valence-corrected chi connectivity index (χ3v) is 5.96. The van der Waals surface area contributed by atoms with Gasteiger partial charge in [0.2, 0.25) is 5.75 Å². The average Bonchev–Trinajstić information content (AvgIpc) is 3.48. The number of hydrogen-bond acceptors (Lipinski definition) is 6. The molecule has 1 atom stereocenters. The largest absolute Gasteiger partial charge is 0.493 e. The molecule has 0 saturated carbocycles. The van der Waals surface area contributed by atoms with E-state index in [1.165, 1.54) is 14.2 Å². The van der Waals surface area contributed by atoms with Gasteiger partial charge in [0.1, 0.15) is 0 Å². The van der Waals surface area contributed by atoms with E-state index in [-0.39, 0.29) is 11.9 Å². The molecule has 154 valence electrons. The summed E-state index contributed by atoms with van der Waals surface area (Å²) in [6.07, 6.45) is 0.645. The Balaban J connectivity index is 1.78. The maximum Gasteiger partial charge on any atom is 0.278 e. The maximum absolute atomic E-state index is 13.6. The number of nitrogens with zero attached hydrogens (tertiary/aromatic N) is 2. The number of amides is 1. The molecule has 0 N–H and O–H groups in total. The highest BCUT2D eigenvalue weighted by Gasteiger charge is 2.36. The molecule has 0 saturated heterocycles. The first kappa shape index (κ1) is 20.0. The summed E-state index contributed by atoms with van der Waals surface area (Å²) >= 11 is 1.62. The topological polar surface area (TPSA) is 60.4 Å². The second-order valence-electron chi connectivity index (χ2n) is 6.69. The monoisotopic (exact) mass is 422 g/mol. The molecular weight excluding hydrogens is 400 g/mol. The number of rotatable bonds is 6. The Kier molecular flexibility index (Phi) is 5.72. The van der Waals surface area contributed by atoms with Gasteiger partial charge in [-0.15, -0.1) is 11.3 Å². The van der Waals surface area contributed by atoms with Crippen LogP contribution in [0.15, 0.2) is 65.1 Å². The van der Waals surface area contributed by atoms with Crippen molar-refractivity contribution >= 4 is 23.0 Å². The Bertz CT molecular complexity index is 1060. The second kappa shape index (κ2) is 8.59. The molecule has 2 aromatic carbocycles. The molecule has 2 heterocycles. The van der Waals surface area contributed by atoms with Gasteiger partial charge in [0.25, 0.3) is 5.91 Å². The van der Waals surface area contributed by atoms with E-state index in [1.807, 2.05) is 47.8 Å². The van der Waals surface area contributed by atoms with E-state index in [0.717, 1.165) is 16.2 Å². The number of hydrogen-bond donors (Lipinski definition) is 0. The van der Waals surface area contributed by atoms with Gasteiger partial charge in [0, 0.05) is 6.42 Å². The maximum atomic E-state index is 13.6. The summed E-state index contributed by atoms with van der Waals surface area (Å²) in [5.41, 5.74) is 2.29. The summed E-state index contributed by atoms with van der Waals surface area (Å²) in [4.78, 5) is 14.7. The van der Waals surface area contributed by atoms with E-state index in [2.05, 4.69) is 0 Å². The van der Waals surface area contributed by atoms with Crippen LogP contribution >= 0.6 is 11.3 Å². The molecule has 0 aliphatic carbocycles. The molecule has 0 fully saturated rings. The zero-order valence-electron chi connectivity index (χ0n) is 17.0. The van der Waals surface area contributed by atoms with Crippen molar-refractivity contribution in [2.24, 2.45) is 5.10 Å². The quantitative estimate of drug-likeness (QED) is 0.574. The van der Waals surface area contributed by atoms with Crippen LogP contribution in [0, 0.1) is 0 Å². The third-order valence-electron chi connectivity index (χ3n) is 5.04. The van der Waals surface area contributed by atoms with Crippen molar-refractivity contribution in [3.05, 3.63) is 76.0 Å². The van der Waals surface area contributed by atoms with Gasteiger partial charge in [0.05, 0.1) is 43.5 Å². The Morgan fingerprint density at radius 3 is 2.37 bits per heavy atom. The van der Waals surface area contributed by atoms with Gasteiger partial charge in [-0.25, -0.2) is 5.01 Å². The molecule has 7 heteroatoms. The van der Waals surface area contributed by atoms with E-state index in [1.54, 1.807) is 35.6 Å². The van der Waals surface area contributed by atoms with E-state index in [9.17, 15) is 4.79 Å². The van der Waals surface area contributed by atoms with Gasteiger partial charge in [0.15, 0.2) is 11.5 Å². The van der Waals surface area contributed by atoms with Gasteiger partial charge >= 0.3 is 0 Å². The summed E-state index contributed by atoms with van der Waals surface area (Å²) in [5.74, 6) is 0.945. The number of benzene rings is 2. The molecule has 0 spiro atoms. The summed E-state index contributed by atoms with van der Waals surface area (Å²) in [6, 6.07) is 17.1. The molecular formula is C23H22N2O4S. The van der Waals surface area contributed by atoms with E-state index < -0.39 is 0 Å². The minimum absolute atomic E-state index is 0.200. The molecule has 1 aliphatic rings. The highest BCUT2D eigenvalue weighted by molar-refractivity contribution is 7.12. The average molecular weight is 423 g/mol. The smallest absolute Gasteiger partial charge is 0.278 e. The summed E-state index contributed by atoms with van der Waals surface area (Å²) in [7, 11) is 4.57. The summed E-state index contributed by atoms with van der Waals surface area (Å²) in [6.45, 7) is 0. The molecule has 6 nitrogen and oxygen atoms in total. The molecule has 0 bridgehead atoms. The lowest BCUT2D eigenvalue weighted by atomic mass is 10.0. The van der Waals surface area contributed by atoms with Crippen LogP contribution in [0.5, 0.6) is 17.2 Å². The second-order valence-corrected chi connectivity index (χ2v) is 7.63. The summed E-state index contributed by atoms with van der Waals surface area (Å²) < 4.78 is 16.3. The predicted molar refractivity (Wildman–Crippen MR) is 117 cm³/mol. The van der Waals surface area contributed by atoms with Crippen molar-refractivity contribution in [1.82, 2.24) is 5.01 Å². The van der Waals surface area contributed by atoms with Crippen molar-refractivity contribution in [2.45, 2.75) is 12.5 Å². The van der Waals surface area contributed by atoms with Crippen LogP contribution in [0.25, 0.3) is 0 Å².